The molecule has 0 N–H and O–H groups in total. The van der Waals surface area contributed by atoms with Gasteiger partial charge in [-0.3, -0.25) is 0 Å². The number of fused-ring (bicyclic) bond motifs is 9. The Morgan fingerprint density at radius 1 is 0.356 bits per heavy atom. The third-order valence-corrected chi connectivity index (χ3v) is 11.1. The highest BCUT2D eigenvalue weighted by Gasteiger charge is 2.39. The van der Waals surface area contributed by atoms with E-state index in [-0.39, 0.29) is 16.2 Å². The maximum Gasteiger partial charge on any atom is 0.0894 e. The van der Waals surface area contributed by atoms with Crippen molar-refractivity contribution in [2.75, 3.05) is 0 Å². The molecule has 0 aliphatic heterocycles. The molecule has 0 fully saturated rings. The highest BCUT2D eigenvalue weighted by molar-refractivity contribution is 5.87. The first kappa shape index (κ1) is 26.6. The van der Waals surface area contributed by atoms with Crippen LogP contribution < -0.4 is 0 Å². The molecule has 0 bridgehead atoms. The second kappa shape index (κ2) is 8.67. The number of rotatable bonds is 2. The molecule has 0 unspecified atom stereocenters. The average Bonchev–Trinajstić information content (AvgIpc) is 3.53. The number of hydrogen-bond acceptors (Lipinski definition) is 2. The molecule has 0 saturated carbocycles. The molecule has 218 valence electrons. The lowest BCUT2D eigenvalue weighted by Gasteiger charge is -2.22. The van der Waals surface area contributed by atoms with E-state index >= 15 is 0 Å². The summed E-state index contributed by atoms with van der Waals surface area (Å²) in [5.41, 5.74) is 19.5. The van der Waals surface area contributed by atoms with Gasteiger partial charge in [0.25, 0.3) is 0 Å². The Kier molecular flexibility index (Phi) is 5.12. The molecule has 2 heterocycles. The minimum Gasteiger partial charge on any atom is -0.246 e. The van der Waals surface area contributed by atoms with Crippen LogP contribution in [0.4, 0.5) is 0 Å². The smallest absolute Gasteiger partial charge is 0.0894 e. The van der Waals surface area contributed by atoms with Gasteiger partial charge in [0.1, 0.15) is 0 Å². The van der Waals surface area contributed by atoms with Crippen molar-refractivity contribution in [1.82, 2.24) is 9.97 Å². The Morgan fingerprint density at radius 2 is 0.800 bits per heavy atom. The Balaban J connectivity index is 1.15. The van der Waals surface area contributed by atoms with Gasteiger partial charge in [-0.1, -0.05) is 126 Å². The van der Waals surface area contributed by atoms with Crippen LogP contribution in [0, 0.1) is 0 Å². The lowest BCUT2D eigenvalue weighted by Crippen LogP contribution is -2.15. The number of hydrogen-bond donors (Lipinski definition) is 0. The van der Waals surface area contributed by atoms with E-state index in [1.54, 1.807) is 0 Å². The van der Waals surface area contributed by atoms with Crippen molar-refractivity contribution in [3.63, 3.8) is 0 Å². The molecule has 0 saturated heterocycles. The predicted molar refractivity (Wildman–Crippen MR) is 186 cm³/mol. The van der Waals surface area contributed by atoms with Gasteiger partial charge in [-0.2, -0.15) is 0 Å². The zero-order valence-electron chi connectivity index (χ0n) is 26.8. The summed E-state index contributed by atoms with van der Waals surface area (Å²) in [5, 5.41) is 0. The highest BCUT2D eigenvalue weighted by Crippen LogP contribution is 2.52. The van der Waals surface area contributed by atoms with E-state index < -0.39 is 0 Å². The predicted octanol–water partition coefficient (Wildman–Crippen LogP) is 10.7. The summed E-state index contributed by atoms with van der Waals surface area (Å²) >= 11 is 0. The summed E-state index contributed by atoms with van der Waals surface area (Å²) < 4.78 is 0. The molecule has 0 radical (unpaired) electrons. The quantitative estimate of drug-likeness (QED) is 0.204. The van der Waals surface area contributed by atoms with Crippen LogP contribution in [0.15, 0.2) is 109 Å². The topological polar surface area (TPSA) is 25.8 Å². The molecule has 0 atom stereocenters. The van der Waals surface area contributed by atoms with Crippen LogP contribution in [-0.2, 0) is 16.2 Å². The minimum absolute atomic E-state index is 0.0255. The van der Waals surface area contributed by atoms with E-state index in [4.69, 9.17) is 9.97 Å². The lowest BCUT2D eigenvalue weighted by molar-refractivity contribution is 0.658. The van der Waals surface area contributed by atoms with E-state index in [1.165, 1.54) is 66.8 Å². The summed E-state index contributed by atoms with van der Waals surface area (Å²) in [5.74, 6) is 0. The molecule has 2 nitrogen and oxygen atoms in total. The normalized spacial score (nSPS) is 16.8. The zero-order valence-corrected chi connectivity index (χ0v) is 26.8. The second-order valence-corrected chi connectivity index (χ2v) is 14.7. The first-order chi connectivity index (χ1) is 21.6. The Morgan fingerprint density at radius 3 is 1.47 bits per heavy atom. The van der Waals surface area contributed by atoms with Gasteiger partial charge in [0.2, 0.25) is 0 Å². The molecule has 2 heteroatoms. The fourth-order valence-corrected chi connectivity index (χ4v) is 8.50. The first-order valence-electron chi connectivity index (χ1n) is 16.1. The molecule has 9 rings (SSSR count). The summed E-state index contributed by atoms with van der Waals surface area (Å²) in [6.07, 6.45) is 0. The van der Waals surface area contributed by atoms with Crippen LogP contribution >= 0.6 is 0 Å². The van der Waals surface area contributed by atoms with Gasteiger partial charge >= 0.3 is 0 Å². The molecular weight excluding hydrogens is 544 g/mol. The Hall–Kier alpha value is -4.82. The largest absolute Gasteiger partial charge is 0.246 e. The van der Waals surface area contributed by atoms with Crippen molar-refractivity contribution in [3.8, 4) is 56.2 Å². The van der Waals surface area contributed by atoms with Gasteiger partial charge in [0, 0.05) is 27.4 Å². The van der Waals surface area contributed by atoms with E-state index in [0.29, 0.717) is 0 Å². The van der Waals surface area contributed by atoms with Gasteiger partial charge in [0.05, 0.1) is 22.8 Å². The van der Waals surface area contributed by atoms with E-state index in [0.717, 1.165) is 22.8 Å². The first-order valence-corrected chi connectivity index (χ1v) is 16.1. The highest BCUT2D eigenvalue weighted by atomic mass is 14.8. The van der Waals surface area contributed by atoms with E-state index in [1.807, 2.05) is 0 Å². The van der Waals surface area contributed by atoms with Gasteiger partial charge in [-0.25, -0.2) is 9.97 Å². The summed E-state index contributed by atoms with van der Waals surface area (Å²) in [6, 6.07) is 40.4. The number of benzene rings is 4. The fourth-order valence-electron chi connectivity index (χ4n) is 8.50. The third-order valence-electron chi connectivity index (χ3n) is 11.1. The molecule has 0 spiro atoms. The zero-order chi connectivity index (χ0) is 30.9. The van der Waals surface area contributed by atoms with Gasteiger partial charge in [0.15, 0.2) is 0 Å². The number of nitrogens with zero attached hydrogens (tertiary/aromatic N) is 2. The summed E-state index contributed by atoms with van der Waals surface area (Å²) in [6.45, 7) is 13.9. The minimum atomic E-state index is -0.120. The summed E-state index contributed by atoms with van der Waals surface area (Å²) in [4.78, 5) is 10.6. The molecule has 3 aliphatic rings. The number of aromatic nitrogens is 2. The monoisotopic (exact) mass is 580 g/mol. The Labute approximate surface area is 265 Å². The number of pyridine rings is 2. The molecule has 2 aromatic heterocycles. The maximum absolute atomic E-state index is 5.36. The van der Waals surface area contributed by atoms with Crippen molar-refractivity contribution in [2.24, 2.45) is 0 Å². The van der Waals surface area contributed by atoms with Gasteiger partial charge < -0.3 is 0 Å². The molecule has 45 heavy (non-hydrogen) atoms. The Bertz CT molecular complexity index is 2250. The van der Waals surface area contributed by atoms with Crippen molar-refractivity contribution in [3.05, 3.63) is 143 Å². The molecule has 0 amide bonds. The van der Waals surface area contributed by atoms with E-state index in [2.05, 4.69) is 151 Å². The van der Waals surface area contributed by atoms with Crippen molar-refractivity contribution < 1.29 is 0 Å². The maximum atomic E-state index is 5.36. The lowest BCUT2D eigenvalue weighted by atomic mass is 9.81. The van der Waals surface area contributed by atoms with Crippen LogP contribution in [0.3, 0.4) is 0 Å². The standard InChI is InChI=1S/C43H36N2/c1-41(2)32-14-10-8-12-29(32)39-34(41)19-21-37(44-39)38-22-20-35-40(45-38)30-23-25(16-18-33(30)42(35,3)4)26-15-17-28-27-11-7-9-13-31(27)43(5,6)36(28)24-26/h7-24H,1-6H3. The molecule has 4 aromatic carbocycles. The van der Waals surface area contributed by atoms with Crippen LogP contribution in [0.25, 0.3) is 56.2 Å². The van der Waals surface area contributed by atoms with Gasteiger partial charge in [-0.15, -0.1) is 0 Å². The van der Waals surface area contributed by atoms with Crippen LogP contribution in [0.2, 0.25) is 0 Å². The summed E-state index contributed by atoms with van der Waals surface area (Å²) in [7, 11) is 0. The SMILES string of the molecule is CC1(C)c2ccccc2-c2ccc(-c3ccc4c(c3)-c3nc(-c5ccc6c(n5)-c5ccccc5C6(C)C)ccc3C4(C)C)cc21. The van der Waals surface area contributed by atoms with Crippen LogP contribution in [-0.4, -0.2) is 9.97 Å². The molecular formula is C43H36N2. The van der Waals surface area contributed by atoms with Gasteiger partial charge in [-0.05, 0) is 79.9 Å². The van der Waals surface area contributed by atoms with Crippen LogP contribution in [0.5, 0.6) is 0 Å². The second-order valence-electron chi connectivity index (χ2n) is 14.7. The third kappa shape index (κ3) is 3.46. The molecule has 6 aromatic rings. The molecule has 3 aliphatic carbocycles. The van der Waals surface area contributed by atoms with E-state index in [9.17, 15) is 0 Å². The van der Waals surface area contributed by atoms with Crippen molar-refractivity contribution in [1.29, 1.82) is 0 Å². The van der Waals surface area contributed by atoms with Crippen molar-refractivity contribution >= 4 is 0 Å². The average molecular weight is 581 g/mol. The van der Waals surface area contributed by atoms with Crippen LogP contribution in [0.1, 0.15) is 74.9 Å². The fraction of sp³-hybridized carbons (Fsp3) is 0.209. The van der Waals surface area contributed by atoms with Crippen molar-refractivity contribution in [2.45, 2.75) is 57.8 Å².